The van der Waals surface area contributed by atoms with Crippen LogP contribution in [0.4, 0.5) is 0 Å². The van der Waals surface area contributed by atoms with Crippen LogP contribution in [0.3, 0.4) is 0 Å². The van der Waals surface area contributed by atoms with Crippen molar-refractivity contribution in [3.05, 3.63) is 29.8 Å². The van der Waals surface area contributed by atoms with Gasteiger partial charge in [-0.25, -0.2) is 0 Å². The van der Waals surface area contributed by atoms with Gasteiger partial charge in [-0.15, -0.1) is 0 Å². The Balaban J connectivity index is 2.01. The van der Waals surface area contributed by atoms with Gasteiger partial charge >= 0.3 is 0 Å². The van der Waals surface area contributed by atoms with E-state index in [9.17, 15) is 9.59 Å². The third-order valence-electron chi connectivity index (χ3n) is 4.97. The molecule has 1 unspecified atom stereocenters. The van der Waals surface area contributed by atoms with Crippen LogP contribution in [0, 0.1) is 5.41 Å². The molecule has 2 rings (SSSR count). The van der Waals surface area contributed by atoms with Crippen molar-refractivity contribution in [2.24, 2.45) is 5.41 Å². The van der Waals surface area contributed by atoms with Gasteiger partial charge < -0.3 is 20.3 Å². The molecular formula is C22H36N4O3. The highest BCUT2D eigenvalue weighted by atomic mass is 16.5. The third kappa shape index (κ3) is 7.33. The van der Waals surface area contributed by atoms with Crippen LogP contribution in [0.2, 0.25) is 0 Å². The second kappa shape index (κ2) is 10.6. The first kappa shape index (κ1) is 23.2. The molecule has 1 aromatic rings. The Morgan fingerprint density at radius 3 is 2.76 bits per heavy atom. The van der Waals surface area contributed by atoms with Crippen LogP contribution in [-0.2, 0) is 16.1 Å². The molecule has 29 heavy (non-hydrogen) atoms. The van der Waals surface area contributed by atoms with Gasteiger partial charge in [0, 0.05) is 38.3 Å². The van der Waals surface area contributed by atoms with Crippen molar-refractivity contribution in [2.75, 3.05) is 46.9 Å². The van der Waals surface area contributed by atoms with Crippen molar-refractivity contribution in [3.63, 3.8) is 0 Å². The summed E-state index contributed by atoms with van der Waals surface area (Å²) in [5.41, 5.74) is 0.992. The number of nitrogens with zero attached hydrogens (tertiary/aromatic N) is 2. The topological polar surface area (TPSA) is 73.9 Å². The van der Waals surface area contributed by atoms with E-state index >= 15 is 0 Å². The fourth-order valence-electron chi connectivity index (χ4n) is 3.82. The smallest absolute Gasteiger partial charge is 0.237 e. The molecule has 0 aromatic heterocycles. The van der Waals surface area contributed by atoms with Crippen LogP contribution in [0.5, 0.6) is 5.75 Å². The van der Waals surface area contributed by atoms with Gasteiger partial charge in [0.1, 0.15) is 5.75 Å². The lowest BCUT2D eigenvalue weighted by molar-refractivity contribution is -0.134. The molecule has 162 valence electrons. The van der Waals surface area contributed by atoms with Gasteiger partial charge in [0.05, 0.1) is 19.1 Å². The molecule has 0 aliphatic carbocycles. The molecule has 1 aliphatic rings. The summed E-state index contributed by atoms with van der Waals surface area (Å²) in [4.78, 5) is 29.3. The second-order valence-corrected chi connectivity index (χ2v) is 8.70. The molecule has 0 bridgehead atoms. The fourth-order valence-corrected chi connectivity index (χ4v) is 3.82. The molecule has 2 amide bonds. The average Bonchev–Trinajstić information content (AvgIpc) is 2.64. The van der Waals surface area contributed by atoms with Crippen molar-refractivity contribution in [1.82, 2.24) is 20.4 Å². The maximum absolute atomic E-state index is 12.6. The van der Waals surface area contributed by atoms with Crippen LogP contribution in [0.1, 0.15) is 32.8 Å². The Bertz CT molecular complexity index is 690. The Hall–Kier alpha value is -2.12. The zero-order valence-corrected chi connectivity index (χ0v) is 18.5. The fraction of sp³-hybridized carbons (Fsp3) is 0.636. The van der Waals surface area contributed by atoms with Gasteiger partial charge in [-0.1, -0.05) is 32.0 Å². The van der Waals surface area contributed by atoms with E-state index in [0.717, 1.165) is 17.9 Å². The Morgan fingerprint density at radius 1 is 1.34 bits per heavy atom. The zero-order chi connectivity index (χ0) is 21.4. The van der Waals surface area contributed by atoms with E-state index in [4.69, 9.17) is 4.74 Å². The number of hydrogen-bond donors (Lipinski definition) is 2. The van der Waals surface area contributed by atoms with E-state index in [0.29, 0.717) is 32.8 Å². The summed E-state index contributed by atoms with van der Waals surface area (Å²) in [6.45, 7) is 10.1. The van der Waals surface area contributed by atoms with Crippen LogP contribution < -0.4 is 15.4 Å². The summed E-state index contributed by atoms with van der Waals surface area (Å²) in [6.07, 6.45) is 0.153. The lowest BCUT2D eigenvalue weighted by atomic mass is 9.93. The summed E-state index contributed by atoms with van der Waals surface area (Å²) in [7, 11) is 4.04. The Labute approximate surface area is 174 Å². The molecule has 1 atom stereocenters. The van der Waals surface area contributed by atoms with Gasteiger partial charge in [-0.3, -0.25) is 14.5 Å². The lowest BCUT2D eigenvalue weighted by Gasteiger charge is -2.35. The Morgan fingerprint density at radius 2 is 2.07 bits per heavy atom. The number of para-hydroxylation sites is 1. The minimum atomic E-state index is -0.476. The van der Waals surface area contributed by atoms with Crippen molar-refractivity contribution in [3.8, 4) is 5.75 Å². The van der Waals surface area contributed by atoms with E-state index in [1.807, 2.05) is 45.3 Å². The number of hydrogen-bond acceptors (Lipinski definition) is 5. The van der Waals surface area contributed by atoms with Gasteiger partial charge in [-0.2, -0.15) is 0 Å². The SMILES string of the molecule is CCOc1ccccc1CN1CCNC(=O)C1CC(=O)NCC(C)(C)CN(C)C. The molecule has 1 aliphatic heterocycles. The number of carbonyl (C=O) groups is 2. The summed E-state index contributed by atoms with van der Waals surface area (Å²) >= 11 is 0. The monoisotopic (exact) mass is 404 g/mol. The molecule has 0 radical (unpaired) electrons. The van der Waals surface area contributed by atoms with Crippen LogP contribution in [-0.4, -0.2) is 74.5 Å². The molecule has 1 saturated heterocycles. The highest BCUT2D eigenvalue weighted by Gasteiger charge is 2.32. The third-order valence-corrected chi connectivity index (χ3v) is 4.97. The normalized spacial score (nSPS) is 17.9. The van der Waals surface area contributed by atoms with E-state index in [-0.39, 0.29) is 23.7 Å². The molecule has 1 aromatic carbocycles. The number of carbonyl (C=O) groups excluding carboxylic acids is 2. The number of ether oxygens (including phenoxy) is 1. The standard InChI is InChI=1S/C22H36N4O3/c1-6-29-19-10-8-7-9-17(19)14-26-12-11-23-21(28)18(26)13-20(27)24-15-22(2,3)16-25(4)5/h7-10,18H,6,11-16H2,1-5H3,(H,23,28)(H,24,27). The first-order chi connectivity index (χ1) is 13.7. The molecular weight excluding hydrogens is 368 g/mol. The summed E-state index contributed by atoms with van der Waals surface area (Å²) < 4.78 is 5.72. The first-order valence-electron chi connectivity index (χ1n) is 10.4. The predicted molar refractivity (Wildman–Crippen MR) is 115 cm³/mol. The quantitative estimate of drug-likeness (QED) is 0.618. The number of piperazine rings is 1. The van der Waals surface area contributed by atoms with Gasteiger partial charge in [0.2, 0.25) is 11.8 Å². The van der Waals surface area contributed by atoms with Crippen LogP contribution >= 0.6 is 0 Å². The number of nitrogens with one attached hydrogen (secondary N) is 2. The molecule has 0 saturated carbocycles. The van der Waals surface area contributed by atoms with E-state index in [1.165, 1.54) is 0 Å². The number of rotatable bonds is 10. The summed E-state index contributed by atoms with van der Waals surface area (Å²) in [5, 5.41) is 5.91. The number of amides is 2. The summed E-state index contributed by atoms with van der Waals surface area (Å²) in [5.74, 6) is 0.643. The molecule has 7 nitrogen and oxygen atoms in total. The molecule has 2 N–H and O–H groups in total. The maximum atomic E-state index is 12.6. The van der Waals surface area contributed by atoms with Crippen molar-refractivity contribution < 1.29 is 14.3 Å². The van der Waals surface area contributed by atoms with E-state index in [1.54, 1.807) is 0 Å². The second-order valence-electron chi connectivity index (χ2n) is 8.70. The van der Waals surface area contributed by atoms with Crippen molar-refractivity contribution in [2.45, 2.75) is 39.8 Å². The Kier molecular flexibility index (Phi) is 8.46. The number of benzene rings is 1. The molecule has 0 spiro atoms. The molecule has 1 heterocycles. The molecule has 1 fully saturated rings. The highest BCUT2D eigenvalue weighted by Crippen LogP contribution is 2.22. The van der Waals surface area contributed by atoms with Crippen LogP contribution in [0.15, 0.2) is 24.3 Å². The highest BCUT2D eigenvalue weighted by molar-refractivity contribution is 5.88. The van der Waals surface area contributed by atoms with Gasteiger partial charge in [0.25, 0.3) is 0 Å². The lowest BCUT2D eigenvalue weighted by Crippen LogP contribution is -2.56. The average molecular weight is 405 g/mol. The zero-order valence-electron chi connectivity index (χ0n) is 18.5. The van der Waals surface area contributed by atoms with Crippen molar-refractivity contribution in [1.29, 1.82) is 0 Å². The predicted octanol–water partition coefficient (Wildman–Crippen LogP) is 1.48. The minimum Gasteiger partial charge on any atom is -0.494 e. The van der Waals surface area contributed by atoms with Gasteiger partial charge in [-0.05, 0) is 32.5 Å². The van der Waals surface area contributed by atoms with E-state index in [2.05, 4.69) is 34.3 Å². The first-order valence-corrected chi connectivity index (χ1v) is 10.4. The van der Waals surface area contributed by atoms with Crippen LogP contribution in [0.25, 0.3) is 0 Å². The minimum absolute atomic E-state index is 0.0376. The molecule has 7 heteroatoms. The largest absolute Gasteiger partial charge is 0.494 e. The van der Waals surface area contributed by atoms with E-state index < -0.39 is 6.04 Å². The maximum Gasteiger partial charge on any atom is 0.237 e. The van der Waals surface area contributed by atoms with Gasteiger partial charge in [0.15, 0.2) is 0 Å². The van der Waals surface area contributed by atoms with Crippen molar-refractivity contribution >= 4 is 11.8 Å². The summed E-state index contributed by atoms with van der Waals surface area (Å²) in [6, 6.07) is 7.39.